The second kappa shape index (κ2) is 9.03. The normalized spacial score (nSPS) is 15.5. The van der Waals surface area contributed by atoms with Gasteiger partial charge in [0.25, 0.3) is 0 Å². The second-order valence-corrected chi connectivity index (χ2v) is 6.73. The fourth-order valence-corrected chi connectivity index (χ4v) is 3.26. The lowest BCUT2D eigenvalue weighted by Gasteiger charge is -2.28. The second-order valence-electron chi connectivity index (χ2n) is 6.32. The highest BCUT2D eigenvalue weighted by atomic mass is 35.5. The Morgan fingerprint density at radius 1 is 1.15 bits per heavy atom. The topological polar surface area (TPSA) is 53.6 Å². The summed E-state index contributed by atoms with van der Waals surface area (Å²) in [6.07, 6.45) is 0. The molecule has 1 aliphatic rings. The van der Waals surface area contributed by atoms with Crippen LogP contribution in [0, 0.1) is 0 Å². The lowest BCUT2D eigenvalue weighted by molar-refractivity contribution is -0.115. The number of amides is 1. The molecule has 0 saturated carbocycles. The summed E-state index contributed by atoms with van der Waals surface area (Å²) in [7, 11) is 0. The van der Waals surface area contributed by atoms with Gasteiger partial charge in [0.1, 0.15) is 0 Å². The molecule has 1 heterocycles. The van der Waals surface area contributed by atoms with Crippen LogP contribution in [-0.2, 0) is 9.53 Å². The predicted octanol–water partition coefficient (Wildman–Crippen LogP) is 3.47. The Morgan fingerprint density at radius 3 is 2.54 bits per heavy atom. The molecule has 1 saturated heterocycles. The minimum Gasteiger partial charge on any atom is -0.378 e. The SMILES string of the molecule is CC(NCC(=O)Nc1ccc(N2CCOCC2)cc1)c1ccccc1Cl. The number of morpholine rings is 1. The smallest absolute Gasteiger partial charge is 0.238 e. The van der Waals surface area contributed by atoms with E-state index in [-0.39, 0.29) is 18.5 Å². The van der Waals surface area contributed by atoms with Gasteiger partial charge in [-0.25, -0.2) is 0 Å². The first-order chi connectivity index (χ1) is 12.6. The molecule has 5 nitrogen and oxygen atoms in total. The highest BCUT2D eigenvalue weighted by Gasteiger charge is 2.12. The molecule has 1 atom stereocenters. The van der Waals surface area contributed by atoms with E-state index in [4.69, 9.17) is 16.3 Å². The molecular weight excluding hydrogens is 350 g/mol. The fourth-order valence-electron chi connectivity index (χ4n) is 2.96. The van der Waals surface area contributed by atoms with Gasteiger partial charge in [-0.3, -0.25) is 4.79 Å². The lowest BCUT2D eigenvalue weighted by Crippen LogP contribution is -2.36. The van der Waals surface area contributed by atoms with E-state index in [9.17, 15) is 4.79 Å². The summed E-state index contributed by atoms with van der Waals surface area (Å²) >= 11 is 6.19. The Balaban J connectivity index is 1.49. The highest BCUT2D eigenvalue weighted by Crippen LogP contribution is 2.22. The van der Waals surface area contributed by atoms with Crippen molar-refractivity contribution in [3.8, 4) is 0 Å². The number of rotatable bonds is 6. The predicted molar refractivity (Wildman–Crippen MR) is 106 cm³/mol. The van der Waals surface area contributed by atoms with Crippen LogP contribution in [0.1, 0.15) is 18.5 Å². The number of hydrogen-bond donors (Lipinski definition) is 2. The van der Waals surface area contributed by atoms with Crippen LogP contribution in [-0.4, -0.2) is 38.8 Å². The molecular formula is C20H24ClN3O2. The van der Waals surface area contributed by atoms with Gasteiger partial charge >= 0.3 is 0 Å². The molecule has 0 spiro atoms. The molecule has 26 heavy (non-hydrogen) atoms. The van der Waals surface area contributed by atoms with Crippen LogP contribution in [0.3, 0.4) is 0 Å². The van der Waals surface area contributed by atoms with Gasteiger partial charge in [-0.05, 0) is 42.8 Å². The molecule has 0 aliphatic carbocycles. The van der Waals surface area contributed by atoms with Crippen LogP contribution in [0.25, 0.3) is 0 Å². The van der Waals surface area contributed by atoms with Crippen LogP contribution >= 0.6 is 11.6 Å². The number of nitrogens with one attached hydrogen (secondary N) is 2. The third kappa shape index (κ3) is 4.97. The van der Waals surface area contributed by atoms with Gasteiger partial charge in [0.05, 0.1) is 19.8 Å². The third-order valence-corrected chi connectivity index (χ3v) is 4.81. The van der Waals surface area contributed by atoms with Gasteiger partial charge in [0.15, 0.2) is 0 Å². The average Bonchev–Trinajstić information content (AvgIpc) is 2.68. The maximum Gasteiger partial charge on any atom is 0.238 e. The molecule has 0 aromatic heterocycles. The number of anilines is 2. The molecule has 1 aliphatic heterocycles. The maximum absolute atomic E-state index is 12.2. The Morgan fingerprint density at radius 2 is 1.85 bits per heavy atom. The molecule has 2 aromatic rings. The number of halogens is 1. The van der Waals surface area contributed by atoms with Crippen molar-refractivity contribution in [2.24, 2.45) is 0 Å². The first kappa shape index (κ1) is 18.7. The van der Waals surface area contributed by atoms with Gasteiger partial charge in [-0.2, -0.15) is 0 Å². The van der Waals surface area contributed by atoms with E-state index >= 15 is 0 Å². The summed E-state index contributed by atoms with van der Waals surface area (Å²) in [4.78, 5) is 14.5. The molecule has 0 bridgehead atoms. The largest absolute Gasteiger partial charge is 0.378 e. The summed E-state index contributed by atoms with van der Waals surface area (Å²) in [6.45, 7) is 5.52. The van der Waals surface area contributed by atoms with E-state index in [0.717, 1.165) is 43.2 Å². The molecule has 3 rings (SSSR count). The van der Waals surface area contributed by atoms with Crippen molar-refractivity contribution in [3.63, 3.8) is 0 Å². The average molecular weight is 374 g/mol. The van der Waals surface area contributed by atoms with Crippen molar-refractivity contribution in [3.05, 3.63) is 59.1 Å². The molecule has 6 heteroatoms. The zero-order valence-electron chi connectivity index (χ0n) is 14.9. The van der Waals surface area contributed by atoms with Gasteiger partial charge in [0.2, 0.25) is 5.91 Å². The van der Waals surface area contributed by atoms with Gasteiger partial charge in [-0.1, -0.05) is 29.8 Å². The van der Waals surface area contributed by atoms with Crippen molar-refractivity contribution in [1.29, 1.82) is 0 Å². The van der Waals surface area contributed by atoms with E-state index in [1.165, 1.54) is 0 Å². The van der Waals surface area contributed by atoms with Crippen LogP contribution < -0.4 is 15.5 Å². The zero-order valence-corrected chi connectivity index (χ0v) is 15.6. The van der Waals surface area contributed by atoms with Gasteiger partial charge in [0, 0.05) is 35.5 Å². The summed E-state index contributed by atoms with van der Waals surface area (Å²) in [5, 5.41) is 6.82. The maximum atomic E-state index is 12.2. The van der Waals surface area contributed by atoms with Crippen molar-refractivity contribution in [1.82, 2.24) is 5.32 Å². The Bertz CT molecular complexity index is 730. The zero-order chi connectivity index (χ0) is 18.4. The van der Waals surface area contributed by atoms with Crippen molar-refractivity contribution in [2.75, 3.05) is 43.1 Å². The van der Waals surface area contributed by atoms with Crippen molar-refractivity contribution >= 4 is 28.9 Å². The fraction of sp³-hybridized carbons (Fsp3) is 0.350. The van der Waals surface area contributed by atoms with Crippen LogP contribution in [0.4, 0.5) is 11.4 Å². The summed E-state index contributed by atoms with van der Waals surface area (Å²) < 4.78 is 5.37. The molecule has 138 valence electrons. The van der Waals surface area contributed by atoms with Gasteiger partial charge in [-0.15, -0.1) is 0 Å². The van der Waals surface area contributed by atoms with E-state index < -0.39 is 0 Å². The van der Waals surface area contributed by atoms with Crippen LogP contribution in [0.5, 0.6) is 0 Å². The first-order valence-corrected chi connectivity index (χ1v) is 9.22. The number of hydrogen-bond acceptors (Lipinski definition) is 4. The van der Waals surface area contributed by atoms with Crippen LogP contribution in [0.2, 0.25) is 5.02 Å². The summed E-state index contributed by atoms with van der Waals surface area (Å²) in [6, 6.07) is 15.6. The van der Waals surface area contributed by atoms with Crippen molar-refractivity contribution < 1.29 is 9.53 Å². The molecule has 0 radical (unpaired) electrons. The summed E-state index contributed by atoms with van der Waals surface area (Å²) in [5.74, 6) is -0.0805. The molecule has 1 amide bonds. The summed E-state index contributed by atoms with van der Waals surface area (Å²) in [5.41, 5.74) is 2.92. The first-order valence-electron chi connectivity index (χ1n) is 8.84. The quantitative estimate of drug-likeness (QED) is 0.814. The van der Waals surface area contributed by atoms with E-state index in [1.54, 1.807) is 0 Å². The number of carbonyl (C=O) groups is 1. The number of nitrogens with zero attached hydrogens (tertiary/aromatic N) is 1. The minimum atomic E-state index is -0.0805. The number of ether oxygens (including phenoxy) is 1. The molecule has 1 fully saturated rings. The highest BCUT2D eigenvalue weighted by molar-refractivity contribution is 6.31. The third-order valence-electron chi connectivity index (χ3n) is 4.47. The van der Waals surface area contributed by atoms with Crippen LogP contribution in [0.15, 0.2) is 48.5 Å². The standard InChI is InChI=1S/C20H24ClN3O2/c1-15(18-4-2-3-5-19(18)21)22-14-20(25)23-16-6-8-17(9-7-16)24-10-12-26-13-11-24/h2-9,15,22H,10-14H2,1H3,(H,23,25). The molecule has 1 unspecified atom stereocenters. The van der Waals surface area contributed by atoms with E-state index in [0.29, 0.717) is 5.02 Å². The van der Waals surface area contributed by atoms with E-state index in [2.05, 4.69) is 15.5 Å². The molecule has 2 aromatic carbocycles. The monoisotopic (exact) mass is 373 g/mol. The Kier molecular flexibility index (Phi) is 6.50. The minimum absolute atomic E-state index is 0.00172. The Hall–Kier alpha value is -2.08. The molecule has 2 N–H and O–H groups in total. The lowest BCUT2D eigenvalue weighted by atomic mass is 10.1. The number of carbonyl (C=O) groups excluding carboxylic acids is 1. The van der Waals surface area contributed by atoms with Crippen molar-refractivity contribution in [2.45, 2.75) is 13.0 Å². The number of benzene rings is 2. The Labute approximate surface area is 159 Å². The van der Waals surface area contributed by atoms with E-state index in [1.807, 2.05) is 55.5 Å². The van der Waals surface area contributed by atoms with Gasteiger partial charge < -0.3 is 20.3 Å².